The van der Waals surface area contributed by atoms with Crippen molar-refractivity contribution >= 4 is 17.3 Å². The van der Waals surface area contributed by atoms with Gasteiger partial charge in [-0.15, -0.1) is 0 Å². The van der Waals surface area contributed by atoms with Crippen molar-refractivity contribution in [2.24, 2.45) is 0 Å². The van der Waals surface area contributed by atoms with Gasteiger partial charge in [0.05, 0.1) is 0 Å². The molecule has 76 valence electrons. The first-order valence-electron chi connectivity index (χ1n) is 5.05. The predicted octanol–water partition coefficient (Wildman–Crippen LogP) is 2.29. The second kappa shape index (κ2) is 4.20. The number of likely N-dealkylation sites (N-methyl/N-ethyl adjacent to an activating group) is 1. The standard InChI is InChI=1S/C11H15ClN2/c1-2-13-10-5-8-3-4-9(12)6-11(8)14-7-10/h3-4,6,10,13-14H,2,5,7H2,1H3. The number of benzene rings is 1. The van der Waals surface area contributed by atoms with Gasteiger partial charge in [-0.05, 0) is 30.7 Å². The summed E-state index contributed by atoms with van der Waals surface area (Å²) in [7, 11) is 0. The number of hydrogen-bond donors (Lipinski definition) is 2. The van der Waals surface area contributed by atoms with E-state index in [-0.39, 0.29) is 0 Å². The van der Waals surface area contributed by atoms with Crippen molar-refractivity contribution in [1.82, 2.24) is 5.32 Å². The maximum atomic E-state index is 5.92. The zero-order valence-corrected chi connectivity index (χ0v) is 9.06. The van der Waals surface area contributed by atoms with Gasteiger partial charge in [0.2, 0.25) is 0 Å². The van der Waals surface area contributed by atoms with Gasteiger partial charge in [0.25, 0.3) is 0 Å². The number of anilines is 1. The Balaban J connectivity index is 2.15. The molecular weight excluding hydrogens is 196 g/mol. The summed E-state index contributed by atoms with van der Waals surface area (Å²) in [4.78, 5) is 0. The van der Waals surface area contributed by atoms with E-state index in [0.717, 1.165) is 24.5 Å². The smallest absolute Gasteiger partial charge is 0.0426 e. The monoisotopic (exact) mass is 210 g/mol. The Morgan fingerprint density at radius 2 is 2.43 bits per heavy atom. The normalized spacial score (nSPS) is 20.0. The maximum Gasteiger partial charge on any atom is 0.0426 e. The van der Waals surface area contributed by atoms with Crippen molar-refractivity contribution in [1.29, 1.82) is 0 Å². The Morgan fingerprint density at radius 3 is 3.21 bits per heavy atom. The van der Waals surface area contributed by atoms with Crippen LogP contribution in [0.4, 0.5) is 5.69 Å². The predicted molar refractivity (Wildman–Crippen MR) is 61.1 cm³/mol. The zero-order valence-electron chi connectivity index (χ0n) is 8.31. The van der Waals surface area contributed by atoms with E-state index in [1.807, 2.05) is 12.1 Å². The minimum Gasteiger partial charge on any atom is -0.383 e. The molecule has 1 atom stereocenters. The van der Waals surface area contributed by atoms with E-state index in [2.05, 4.69) is 23.6 Å². The fraction of sp³-hybridized carbons (Fsp3) is 0.455. The molecular formula is C11H15ClN2. The molecule has 0 amide bonds. The quantitative estimate of drug-likeness (QED) is 0.783. The molecule has 3 heteroatoms. The van der Waals surface area contributed by atoms with Crippen LogP contribution in [0.15, 0.2) is 18.2 Å². The molecule has 0 spiro atoms. The molecule has 0 saturated heterocycles. The van der Waals surface area contributed by atoms with Crippen LogP contribution in [0.25, 0.3) is 0 Å². The lowest BCUT2D eigenvalue weighted by Crippen LogP contribution is -2.40. The van der Waals surface area contributed by atoms with E-state index in [4.69, 9.17) is 11.6 Å². The fourth-order valence-electron chi connectivity index (χ4n) is 1.90. The average molecular weight is 211 g/mol. The topological polar surface area (TPSA) is 24.1 Å². The Labute approximate surface area is 89.7 Å². The van der Waals surface area contributed by atoms with Gasteiger partial charge in [0, 0.05) is 23.3 Å². The highest BCUT2D eigenvalue weighted by Crippen LogP contribution is 2.25. The minimum absolute atomic E-state index is 0.550. The van der Waals surface area contributed by atoms with Crippen LogP contribution < -0.4 is 10.6 Å². The summed E-state index contributed by atoms with van der Waals surface area (Å²) in [6.45, 7) is 4.15. The van der Waals surface area contributed by atoms with Crippen LogP contribution in [0, 0.1) is 0 Å². The van der Waals surface area contributed by atoms with Gasteiger partial charge in [-0.25, -0.2) is 0 Å². The third-order valence-electron chi connectivity index (χ3n) is 2.57. The molecule has 2 nitrogen and oxygen atoms in total. The highest BCUT2D eigenvalue weighted by Gasteiger charge is 2.16. The first kappa shape index (κ1) is 9.81. The third-order valence-corrected chi connectivity index (χ3v) is 2.81. The molecule has 1 aliphatic rings. The molecule has 0 fully saturated rings. The van der Waals surface area contributed by atoms with Crippen LogP contribution >= 0.6 is 11.6 Å². The summed E-state index contributed by atoms with van der Waals surface area (Å²) < 4.78 is 0. The number of nitrogens with one attached hydrogen (secondary N) is 2. The molecule has 14 heavy (non-hydrogen) atoms. The molecule has 2 rings (SSSR count). The summed E-state index contributed by atoms with van der Waals surface area (Å²) in [5.41, 5.74) is 2.54. The van der Waals surface area contributed by atoms with Crippen LogP contribution in [0.1, 0.15) is 12.5 Å². The summed E-state index contributed by atoms with van der Waals surface area (Å²) in [6, 6.07) is 6.61. The molecule has 1 aliphatic heterocycles. The minimum atomic E-state index is 0.550. The molecule has 0 bridgehead atoms. The largest absolute Gasteiger partial charge is 0.383 e. The van der Waals surface area contributed by atoms with E-state index in [9.17, 15) is 0 Å². The first-order chi connectivity index (χ1) is 6.79. The van der Waals surface area contributed by atoms with E-state index < -0.39 is 0 Å². The van der Waals surface area contributed by atoms with Crippen LogP contribution in [-0.4, -0.2) is 19.1 Å². The number of rotatable bonds is 2. The van der Waals surface area contributed by atoms with E-state index in [1.165, 1.54) is 11.3 Å². The Hall–Kier alpha value is -0.730. The van der Waals surface area contributed by atoms with Crippen LogP contribution in [-0.2, 0) is 6.42 Å². The summed E-state index contributed by atoms with van der Waals surface area (Å²) in [5.74, 6) is 0. The van der Waals surface area contributed by atoms with Gasteiger partial charge in [0.1, 0.15) is 0 Å². The molecule has 1 heterocycles. The van der Waals surface area contributed by atoms with E-state index >= 15 is 0 Å². The van der Waals surface area contributed by atoms with Gasteiger partial charge < -0.3 is 10.6 Å². The van der Waals surface area contributed by atoms with Gasteiger partial charge >= 0.3 is 0 Å². The zero-order chi connectivity index (χ0) is 9.97. The number of fused-ring (bicyclic) bond motifs is 1. The Bertz CT molecular complexity index is 325. The van der Waals surface area contributed by atoms with Gasteiger partial charge in [-0.2, -0.15) is 0 Å². The molecule has 2 N–H and O–H groups in total. The number of halogens is 1. The second-order valence-electron chi connectivity index (χ2n) is 3.64. The lowest BCUT2D eigenvalue weighted by molar-refractivity contribution is 0.534. The van der Waals surface area contributed by atoms with E-state index in [0.29, 0.717) is 6.04 Å². The second-order valence-corrected chi connectivity index (χ2v) is 4.08. The third kappa shape index (κ3) is 2.02. The van der Waals surface area contributed by atoms with Gasteiger partial charge in [-0.1, -0.05) is 24.6 Å². The lowest BCUT2D eigenvalue weighted by atomic mass is 10.00. The van der Waals surface area contributed by atoms with E-state index in [1.54, 1.807) is 0 Å². The van der Waals surface area contributed by atoms with Gasteiger partial charge in [-0.3, -0.25) is 0 Å². The maximum absolute atomic E-state index is 5.92. The van der Waals surface area contributed by atoms with Crippen molar-refractivity contribution in [3.63, 3.8) is 0 Å². The highest BCUT2D eigenvalue weighted by molar-refractivity contribution is 6.30. The molecule has 0 saturated carbocycles. The first-order valence-corrected chi connectivity index (χ1v) is 5.43. The summed E-state index contributed by atoms with van der Waals surface area (Å²) in [5, 5.41) is 7.64. The van der Waals surface area contributed by atoms with Crippen LogP contribution in [0.3, 0.4) is 0 Å². The van der Waals surface area contributed by atoms with Crippen molar-refractivity contribution in [3.8, 4) is 0 Å². The number of hydrogen-bond acceptors (Lipinski definition) is 2. The molecule has 1 unspecified atom stereocenters. The van der Waals surface area contributed by atoms with Crippen LogP contribution in [0.2, 0.25) is 5.02 Å². The Kier molecular flexibility index (Phi) is 2.94. The van der Waals surface area contributed by atoms with Crippen molar-refractivity contribution < 1.29 is 0 Å². The van der Waals surface area contributed by atoms with Crippen LogP contribution in [0.5, 0.6) is 0 Å². The molecule has 0 radical (unpaired) electrons. The van der Waals surface area contributed by atoms with Gasteiger partial charge in [0.15, 0.2) is 0 Å². The fourth-order valence-corrected chi connectivity index (χ4v) is 2.07. The summed E-state index contributed by atoms with van der Waals surface area (Å²) >= 11 is 5.92. The SMILES string of the molecule is CCNC1CNc2cc(Cl)ccc2C1. The van der Waals surface area contributed by atoms with Crippen molar-refractivity contribution in [2.45, 2.75) is 19.4 Å². The highest BCUT2D eigenvalue weighted by atomic mass is 35.5. The molecule has 1 aromatic rings. The molecule has 0 aliphatic carbocycles. The summed E-state index contributed by atoms with van der Waals surface area (Å²) in [6.07, 6.45) is 1.09. The molecule has 0 aromatic heterocycles. The Morgan fingerprint density at radius 1 is 1.57 bits per heavy atom. The van der Waals surface area contributed by atoms with Crippen molar-refractivity contribution in [3.05, 3.63) is 28.8 Å². The van der Waals surface area contributed by atoms with Crippen molar-refractivity contribution in [2.75, 3.05) is 18.4 Å². The molecule has 1 aromatic carbocycles. The lowest BCUT2D eigenvalue weighted by Gasteiger charge is -2.26. The average Bonchev–Trinajstić information content (AvgIpc) is 2.19.